The molecule has 1 amide bonds. The molecule has 0 aliphatic carbocycles. The molecule has 0 bridgehead atoms. The molecule has 0 saturated heterocycles. The van der Waals surface area contributed by atoms with Crippen LogP contribution in [0.5, 0.6) is 11.5 Å². The molecule has 2 aromatic rings. The molecule has 0 heterocycles. The molecule has 0 radical (unpaired) electrons. The van der Waals surface area contributed by atoms with Crippen LogP contribution in [-0.2, 0) is 4.79 Å². The summed E-state index contributed by atoms with van der Waals surface area (Å²) in [4.78, 5) is 12.1. The Hall–Kier alpha value is -2.69. The molecular weight excluding hydrogens is 328 g/mol. The fraction of sp³-hybridized carbons (Fsp3) is 0.381. The van der Waals surface area contributed by atoms with Gasteiger partial charge in [0.2, 0.25) is 5.91 Å². The Kier molecular flexibility index (Phi) is 7.33. The van der Waals surface area contributed by atoms with Crippen LogP contribution >= 0.6 is 0 Å². The van der Waals surface area contributed by atoms with E-state index in [9.17, 15) is 4.79 Å². The second-order valence-electron chi connectivity index (χ2n) is 6.46. The number of rotatable bonds is 9. The van der Waals surface area contributed by atoms with Crippen LogP contribution in [0.25, 0.3) is 0 Å². The van der Waals surface area contributed by atoms with E-state index in [1.165, 1.54) is 0 Å². The van der Waals surface area contributed by atoms with Gasteiger partial charge in [-0.2, -0.15) is 0 Å². The molecule has 5 nitrogen and oxygen atoms in total. The van der Waals surface area contributed by atoms with Gasteiger partial charge in [-0.25, -0.2) is 0 Å². The number of ether oxygens (including phenoxy) is 2. The fourth-order valence-corrected chi connectivity index (χ4v) is 2.27. The zero-order chi connectivity index (χ0) is 18.9. The van der Waals surface area contributed by atoms with Crippen LogP contribution < -0.4 is 20.1 Å². The Morgan fingerprint density at radius 1 is 0.962 bits per heavy atom. The number of benzene rings is 2. The summed E-state index contributed by atoms with van der Waals surface area (Å²) in [5.74, 6) is 1.45. The van der Waals surface area contributed by atoms with Crippen molar-refractivity contribution in [2.45, 2.75) is 46.3 Å². The van der Waals surface area contributed by atoms with E-state index >= 15 is 0 Å². The molecule has 140 valence electrons. The summed E-state index contributed by atoms with van der Waals surface area (Å²) in [5, 5.41) is 5.98. The fourth-order valence-electron chi connectivity index (χ4n) is 2.27. The molecule has 0 spiro atoms. The molecule has 2 rings (SSSR count). The zero-order valence-electron chi connectivity index (χ0n) is 15.9. The highest BCUT2D eigenvalue weighted by atomic mass is 16.5. The molecule has 2 aromatic carbocycles. The molecule has 5 heteroatoms. The lowest BCUT2D eigenvalue weighted by Crippen LogP contribution is -2.21. The van der Waals surface area contributed by atoms with Gasteiger partial charge in [-0.1, -0.05) is 13.0 Å². The molecule has 0 fully saturated rings. The number of amides is 1. The second kappa shape index (κ2) is 9.70. The third kappa shape index (κ3) is 6.67. The van der Waals surface area contributed by atoms with Crippen LogP contribution in [-0.4, -0.2) is 24.7 Å². The first-order valence-electron chi connectivity index (χ1n) is 9.03. The average Bonchev–Trinajstić information content (AvgIpc) is 2.61. The van der Waals surface area contributed by atoms with Gasteiger partial charge in [-0.15, -0.1) is 0 Å². The topological polar surface area (TPSA) is 59.6 Å². The SMILES string of the molecule is CCC(C)Oc1cccc(NC(=O)CNc2ccc(OC(C)C)cc2)c1. The first kappa shape index (κ1) is 19.6. The predicted molar refractivity (Wildman–Crippen MR) is 106 cm³/mol. The Morgan fingerprint density at radius 3 is 2.35 bits per heavy atom. The molecule has 1 unspecified atom stereocenters. The van der Waals surface area contributed by atoms with Crippen molar-refractivity contribution in [3.63, 3.8) is 0 Å². The first-order chi connectivity index (χ1) is 12.5. The van der Waals surface area contributed by atoms with Gasteiger partial charge in [0.1, 0.15) is 11.5 Å². The Morgan fingerprint density at radius 2 is 1.69 bits per heavy atom. The van der Waals surface area contributed by atoms with Gasteiger partial charge in [0.15, 0.2) is 0 Å². The Balaban J connectivity index is 1.84. The average molecular weight is 356 g/mol. The van der Waals surface area contributed by atoms with Crippen molar-refractivity contribution in [2.24, 2.45) is 0 Å². The van der Waals surface area contributed by atoms with Crippen molar-refractivity contribution in [3.8, 4) is 11.5 Å². The highest BCUT2D eigenvalue weighted by molar-refractivity contribution is 5.93. The zero-order valence-corrected chi connectivity index (χ0v) is 15.9. The van der Waals surface area contributed by atoms with Gasteiger partial charge >= 0.3 is 0 Å². The monoisotopic (exact) mass is 356 g/mol. The number of nitrogens with one attached hydrogen (secondary N) is 2. The van der Waals surface area contributed by atoms with E-state index in [0.29, 0.717) is 0 Å². The lowest BCUT2D eigenvalue weighted by molar-refractivity contribution is -0.114. The van der Waals surface area contributed by atoms with Crippen LogP contribution in [0, 0.1) is 0 Å². The molecule has 2 N–H and O–H groups in total. The van der Waals surface area contributed by atoms with Crippen molar-refractivity contribution in [3.05, 3.63) is 48.5 Å². The van der Waals surface area contributed by atoms with Crippen molar-refractivity contribution >= 4 is 17.3 Å². The van der Waals surface area contributed by atoms with E-state index in [-0.39, 0.29) is 24.7 Å². The van der Waals surface area contributed by atoms with Crippen LogP contribution in [0.15, 0.2) is 48.5 Å². The van der Waals surface area contributed by atoms with E-state index < -0.39 is 0 Å². The van der Waals surface area contributed by atoms with Crippen LogP contribution in [0.1, 0.15) is 34.1 Å². The first-order valence-corrected chi connectivity index (χ1v) is 9.03. The largest absolute Gasteiger partial charge is 0.491 e. The van der Waals surface area contributed by atoms with Gasteiger partial charge < -0.3 is 20.1 Å². The maximum absolute atomic E-state index is 12.1. The molecule has 0 aliphatic heterocycles. The third-order valence-electron chi connectivity index (χ3n) is 3.71. The normalized spacial score (nSPS) is 11.7. The van der Waals surface area contributed by atoms with Gasteiger partial charge in [-0.3, -0.25) is 4.79 Å². The minimum Gasteiger partial charge on any atom is -0.491 e. The number of carbonyl (C=O) groups excluding carboxylic acids is 1. The lowest BCUT2D eigenvalue weighted by atomic mass is 10.2. The molecule has 0 aliphatic rings. The molecule has 0 saturated carbocycles. The Labute approximate surface area is 155 Å². The number of hydrogen-bond donors (Lipinski definition) is 2. The van der Waals surface area contributed by atoms with Gasteiger partial charge in [0.25, 0.3) is 0 Å². The van der Waals surface area contributed by atoms with Crippen molar-refractivity contribution < 1.29 is 14.3 Å². The minimum absolute atomic E-state index is 0.117. The lowest BCUT2D eigenvalue weighted by Gasteiger charge is -2.14. The Bertz CT molecular complexity index is 699. The van der Waals surface area contributed by atoms with Crippen molar-refractivity contribution in [1.82, 2.24) is 0 Å². The number of hydrogen-bond acceptors (Lipinski definition) is 4. The van der Waals surface area contributed by atoms with E-state index in [1.807, 2.05) is 69.3 Å². The summed E-state index contributed by atoms with van der Waals surface area (Å²) in [6.45, 7) is 8.25. The molecule has 1 atom stereocenters. The quantitative estimate of drug-likeness (QED) is 0.684. The van der Waals surface area contributed by atoms with E-state index in [2.05, 4.69) is 17.6 Å². The molecule has 0 aromatic heterocycles. The smallest absolute Gasteiger partial charge is 0.243 e. The minimum atomic E-state index is -0.117. The van der Waals surface area contributed by atoms with E-state index in [0.717, 1.165) is 29.3 Å². The highest BCUT2D eigenvalue weighted by Crippen LogP contribution is 2.20. The highest BCUT2D eigenvalue weighted by Gasteiger charge is 2.06. The van der Waals surface area contributed by atoms with Crippen molar-refractivity contribution in [1.29, 1.82) is 0 Å². The number of anilines is 2. The summed E-state index contributed by atoms with van der Waals surface area (Å²) >= 11 is 0. The van der Waals surface area contributed by atoms with E-state index in [1.54, 1.807) is 0 Å². The second-order valence-corrected chi connectivity index (χ2v) is 6.46. The van der Waals surface area contributed by atoms with Crippen LogP contribution in [0.4, 0.5) is 11.4 Å². The summed E-state index contributed by atoms with van der Waals surface area (Å²) in [6, 6.07) is 15.0. The number of carbonyl (C=O) groups is 1. The maximum atomic E-state index is 12.1. The van der Waals surface area contributed by atoms with Crippen molar-refractivity contribution in [2.75, 3.05) is 17.2 Å². The molecule has 26 heavy (non-hydrogen) atoms. The van der Waals surface area contributed by atoms with Gasteiger partial charge in [-0.05, 0) is 63.6 Å². The molecular formula is C21H28N2O3. The predicted octanol–water partition coefficient (Wildman–Crippen LogP) is 4.70. The maximum Gasteiger partial charge on any atom is 0.243 e. The third-order valence-corrected chi connectivity index (χ3v) is 3.71. The summed E-state index contributed by atoms with van der Waals surface area (Å²) in [7, 11) is 0. The van der Waals surface area contributed by atoms with E-state index in [4.69, 9.17) is 9.47 Å². The van der Waals surface area contributed by atoms with Gasteiger partial charge in [0, 0.05) is 17.4 Å². The standard InChI is InChI=1S/C21H28N2O3/c1-5-16(4)26-20-8-6-7-18(13-20)23-21(24)14-22-17-9-11-19(12-10-17)25-15(2)3/h6-13,15-16,22H,5,14H2,1-4H3,(H,23,24). The van der Waals surface area contributed by atoms with Gasteiger partial charge in [0.05, 0.1) is 18.8 Å². The summed E-state index contributed by atoms with van der Waals surface area (Å²) in [6.07, 6.45) is 1.21. The van der Waals surface area contributed by atoms with Crippen LogP contribution in [0.2, 0.25) is 0 Å². The summed E-state index contributed by atoms with van der Waals surface area (Å²) in [5.41, 5.74) is 1.59. The summed E-state index contributed by atoms with van der Waals surface area (Å²) < 4.78 is 11.4. The van der Waals surface area contributed by atoms with Crippen LogP contribution in [0.3, 0.4) is 0 Å².